The van der Waals surface area contributed by atoms with E-state index < -0.39 is 12.7 Å². The summed E-state index contributed by atoms with van der Waals surface area (Å²) in [7, 11) is 1.66. The summed E-state index contributed by atoms with van der Waals surface area (Å²) < 4.78 is 0. The zero-order valence-corrected chi connectivity index (χ0v) is 20.5. The molecule has 4 atom stereocenters. The van der Waals surface area contributed by atoms with Gasteiger partial charge in [-0.05, 0) is 68.1 Å². The van der Waals surface area contributed by atoms with E-state index in [9.17, 15) is 19.8 Å². The molecular formula is C27H41N3O4. The number of amides is 2. The monoisotopic (exact) mass is 471 g/mol. The Bertz CT molecular complexity index is 827. The van der Waals surface area contributed by atoms with Gasteiger partial charge in [-0.2, -0.15) is 0 Å². The predicted octanol–water partition coefficient (Wildman–Crippen LogP) is 2.52. The number of nitrogens with zero attached hydrogens (tertiary/aromatic N) is 2. The van der Waals surface area contributed by atoms with Crippen molar-refractivity contribution in [1.82, 2.24) is 15.1 Å². The third-order valence-corrected chi connectivity index (χ3v) is 8.33. The van der Waals surface area contributed by atoms with Crippen molar-refractivity contribution in [1.29, 1.82) is 0 Å². The van der Waals surface area contributed by atoms with Crippen LogP contribution < -0.4 is 5.32 Å². The minimum atomic E-state index is -1.32. The Hall–Kier alpha value is -1.96. The Kier molecular flexibility index (Phi) is 8.61. The van der Waals surface area contributed by atoms with Gasteiger partial charge in [-0.25, -0.2) is 0 Å². The highest BCUT2D eigenvalue weighted by Gasteiger charge is 2.41. The van der Waals surface area contributed by atoms with Gasteiger partial charge in [0.05, 0.1) is 6.61 Å². The minimum Gasteiger partial charge on any atom is -0.393 e. The third-order valence-electron chi connectivity index (χ3n) is 8.33. The second kappa shape index (κ2) is 11.6. The molecule has 1 aromatic carbocycles. The van der Waals surface area contributed by atoms with Crippen molar-refractivity contribution < 1.29 is 19.8 Å². The molecule has 0 aromatic heterocycles. The van der Waals surface area contributed by atoms with E-state index in [-0.39, 0.29) is 11.8 Å². The number of nitrogens with one attached hydrogen (secondary N) is 1. The van der Waals surface area contributed by atoms with Crippen LogP contribution in [0, 0.1) is 5.92 Å². The molecule has 2 bridgehead atoms. The SMILES string of the molecule is CNC(=O)c1cccc([C@H]2C[C@H]3CC[C@@H](C2)N3CCN(CC2CCCCC2)C(=O)[C@@H](O)CO)c1. The lowest BCUT2D eigenvalue weighted by atomic mass is 9.84. The van der Waals surface area contributed by atoms with Crippen LogP contribution in [0.4, 0.5) is 0 Å². The molecule has 1 aliphatic carbocycles. The van der Waals surface area contributed by atoms with Crippen molar-refractivity contribution in [3.63, 3.8) is 0 Å². The first-order valence-electron chi connectivity index (χ1n) is 13.2. The van der Waals surface area contributed by atoms with Gasteiger partial charge in [0.1, 0.15) is 0 Å². The Balaban J connectivity index is 1.38. The van der Waals surface area contributed by atoms with Gasteiger partial charge in [-0.3, -0.25) is 14.5 Å². The predicted molar refractivity (Wildman–Crippen MR) is 132 cm³/mol. The molecule has 2 saturated heterocycles. The highest BCUT2D eigenvalue weighted by atomic mass is 16.3. The van der Waals surface area contributed by atoms with Crippen LogP contribution in [0.15, 0.2) is 24.3 Å². The average Bonchev–Trinajstić information content (AvgIpc) is 3.11. The molecule has 188 valence electrons. The van der Waals surface area contributed by atoms with Gasteiger partial charge >= 0.3 is 0 Å². The lowest BCUT2D eigenvalue weighted by molar-refractivity contribution is -0.143. The maximum absolute atomic E-state index is 12.8. The van der Waals surface area contributed by atoms with Gasteiger partial charge in [-0.15, -0.1) is 0 Å². The number of benzene rings is 1. The van der Waals surface area contributed by atoms with E-state index in [0.717, 1.165) is 32.2 Å². The first-order valence-corrected chi connectivity index (χ1v) is 13.2. The molecule has 3 fully saturated rings. The van der Waals surface area contributed by atoms with E-state index in [2.05, 4.69) is 16.3 Å². The van der Waals surface area contributed by atoms with Gasteiger partial charge in [-0.1, -0.05) is 31.4 Å². The normalized spacial score (nSPS) is 26.3. The van der Waals surface area contributed by atoms with Gasteiger partial charge in [0, 0.05) is 44.3 Å². The summed E-state index contributed by atoms with van der Waals surface area (Å²) in [5.74, 6) is 0.574. The molecule has 3 N–H and O–H groups in total. The summed E-state index contributed by atoms with van der Waals surface area (Å²) in [5, 5.41) is 22.1. The summed E-state index contributed by atoms with van der Waals surface area (Å²) >= 11 is 0. The molecule has 3 aliphatic rings. The van der Waals surface area contributed by atoms with Crippen molar-refractivity contribution in [2.75, 3.05) is 33.3 Å². The summed E-state index contributed by atoms with van der Waals surface area (Å²) in [6.45, 7) is 1.59. The number of carbonyl (C=O) groups excluding carboxylic acids is 2. The molecule has 7 heteroatoms. The molecule has 34 heavy (non-hydrogen) atoms. The smallest absolute Gasteiger partial charge is 0.253 e. The molecule has 7 nitrogen and oxygen atoms in total. The summed E-state index contributed by atoms with van der Waals surface area (Å²) in [5.41, 5.74) is 1.96. The fraction of sp³-hybridized carbons (Fsp3) is 0.704. The molecule has 1 aromatic rings. The maximum Gasteiger partial charge on any atom is 0.253 e. The molecule has 0 radical (unpaired) electrons. The van der Waals surface area contributed by atoms with Crippen LogP contribution >= 0.6 is 0 Å². The number of fused-ring (bicyclic) bond motifs is 2. The van der Waals surface area contributed by atoms with Crippen LogP contribution in [0.5, 0.6) is 0 Å². The van der Waals surface area contributed by atoms with Crippen molar-refractivity contribution in [3.8, 4) is 0 Å². The van der Waals surface area contributed by atoms with E-state index in [1.807, 2.05) is 23.1 Å². The Morgan fingerprint density at radius 1 is 1.12 bits per heavy atom. The molecule has 2 heterocycles. The van der Waals surface area contributed by atoms with E-state index in [1.165, 1.54) is 37.7 Å². The van der Waals surface area contributed by atoms with Crippen LogP contribution in [0.2, 0.25) is 0 Å². The standard InChI is InChI=1S/C27H41N3O4/c1-28-26(33)21-9-5-8-20(14-21)22-15-23-10-11-24(16-22)30(23)13-12-29(27(34)25(32)18-31)17-19-6-3-2-4-7-19/h5,8-9,14,19,22-25,31-32H,2-4,6-7,10-13,15-18H2,1H3,(H,28,33)/t22-,23+,24-,25-/m0/s1. The number of aliphatic hydroxyl groups excluding tert-OH is 2. The molecule has 1 saturated carbocycles. The summed E-state index contributed by atoms with van der Waals surface area (Å²) in [4.78, 5) is 29.3. The number of carbonyl (C=O) groups is 2. The van der Waals surface area contributed by atoms with Crippen molar-refractivity contribution in [3.05, 3.63) is 35.4 Å². The Morgan fingerprint density at radius 3 is 2.47 bits per heavy atom. The van der Waals surface area contributed by atoms with E-state index in [4.69, 9.17) is 0 Å². The van der Waals surface area contributed by atoms with Gasteiger partial charge < -0.3 is 20.4 Å². The number of hydrogen-bond acceptors (Lipinski definition) is 5. The average molecular weight is 472 g/mol. The lowest BCUT2D eigenvalue weighted by Crippen LogP contribution is -2.50. The highest BCUT2D eigenvalue weighted by molar-refractivity contribution is 5.94. The third kappa shape index (κ3) is 5.81. The molecule has 0 spiro atoms. The topological polar surface area (TPSA) is 93.1 Å². The number of hydrogen-bond donors (Lipinski definition) is 3. The van der Waals surface area contributed by atoms with Crippen molar-refractivity contribution in [2.45, 2.75) is 81.9 Å². The lowest BCUT2D eigenvalue weighted by Gasteiger charge is -2.41. The van der Waals surface area contributed by atoms with Crippen LogP contribution in [-0.2, 0) is 4.79 Å². The van der Waals surface area contributed by atoms with Gasteiger partial charge in [0.15, 0.2) is 6.10 Å². The zero-order chi connectivity index (χ0) is 24.1. The van der Waals surface area contributed by atoms with Crippen molar-refractivity contribution >= 4 is 11.8 Å². The second-order valence-electron chi connectivity index (χ2n) is 10.5. The van der Waals surface area contributed by atoms with E-state index in [0.29, 0.717) is 42.6 Å². The number of rotatable bonds is 9. The quantitative estimate of drug-likeness (QED) is 0.515. The molecule has 2 aliphatic heterocycles. The van der Waals surface area contributed by atoms with Crippen LogP contribution in [-0.4, -0.2) is 83.3 Å². The number of piperidine rings is 1. The molecule has 4 rings (SSSR count). The summed E-state index contributed by atoms with van der Waals surface area (Å²) in [6.07, 6.45) is 9.16. The first-order chi connectivity index (χ1) is 16.5. The largest absolute Gasteiger partial charge is 0.393 e. The van der Waals surface area contributed by atoms with Crippen molar-refractivity contribution in [2.24, 2.45) is 5.92 Å². The Labute approximate surface area is 203 Å². The van der Waals surface area contributed by atoms with Gasteiger partial charge in [0.25, 0.3) is 11.8 Å². The summed E-state index contributed by atoms with van der Waals surface area (Å²) in [6, 6.07) is 9.01. The Morgan fingerprint density at radius 2 is 1.82 bits per heavy atom. The van der Waals surface area contributed by atoms with E-state index >= 15 is 0 Å². The number of aliphatic hydroxyl groups is 2. The molecule has 0 unspecified atom stereocenters. The fourth-order valence-corrected chi connectivity index (χ4v) is 6.49. The van der Waals surface area contributed by atoms with E-state index in [1.54, 1.807) is 7.05 Å². The molecular weight excluding hydrogens is 430 g/mol. The van der Waals surface area contributed by atoms with Crippen LogP contribution in [0.1, 0.15) is 79.6 Å². The van der Waals surface area contributed by atoms with Crippen LogP contribution in [0.25, 0.3) is 0 Å². The second-order valence-corrected chi connectivity index (χ2v) is 10.5. The maximum atomic E-state index is 12.8. The highest BCUT2D eigenvalue weighted by Crippen LogP contribution is 2.43. The van der Waals surface area contributed by atoms with Crippen LogP contribution in [0.3, 0.4) is 0 Å². The van der Waals surface area contributed by atoms with Gasteiger partial charge in [0.2, 0.25) is 0 Å². The zero-order valence-electron chi connectivity index (χ0n) is 20.5. The first kappa shape index (κ1) is 25.1. The minimum absolute atomic E-state index is 0.0463. The fourth-order valence-electron chi connectivity index (χ4n) is 6.49. The molecule has 2 amide bonds.